The van der Waals surface area contributed by atoms with Gasteiger partial charge < -0.3 is 5.73 Å². The smallest absolute Gasteiger partial charge is 0.0798 e. The number of hydrogen-bond donors (Lipinski definition) is 1. The molecule has 0 amide bonds. The Labute approximate surface area is 76.2 Å². The summed E-state index contributed by atoms with van der Waals surface area (Å²) in [5.41, 5.74) is 8.89. The first-order valence-corrected chi connectivity index (χ1v) is 5.03. The molecule has 66 valence electrons. The maximum absolute atomic E-state index is 5.70. The van der Waals surface area contributed by atoms with E-state index >= 15 is 0 Å². The first-order valence-electron chi connectivity index (χ1n) is 4.15. The second-order valence-corrected chi connectivity index (χ2v) is 4.03. The van der Waals surface area contributed by atoms with Crippen molar-refractivity contribution in [1.82, 2.24) is 9.88 Å². The van der Waals surface area contributed by atoms with E-state index in [1.54, 1.807) is 11.3 Å². The minimum atomic E-state index is 0.404. The van der Waals surface area contributed by atoms with Gasteiger partial charge in [0, 0.05) is 24.4 Å². The third-order valence-electron chi connectivity index (χ3n) is 2.43. The average Bonchev–Trinajstić information content (AvgIpc) is 2.52. The van der Waals surface area contributed by atoms with Gasteiger partial charge in [0.05, 0.1) is 17.2 Å². The van der Waals surface area contributed by atoms with Gasteiger partial charge in [0.2, 0.25) is 0 Å². The van der Waals surface area contributed by atoms with Crippen LogP contribution in [0.25, 0.3) is 0 Å². The number of aromatic nitrogens is 1. The Morgan fingerprint density at radius 3 is 3.42 bits per heavy atom. The van der Waals surface area contributed by atoms with E-state index in [-0.39, 0.29) is 0 Å². The number of likely N-dealkylation sites (N-methyl/N-ethyl adjacent to an activating group) is 1. The lowest BCUT2D eigenvalue weighted by Crippen LogP contribution is -2.35. The van der Waals surface area contributed by atoms with Gasteiger partial charge in [0.1, 0.15) is 0 Å². The SMILES string of the molecule is CN1CCc2ncsc2C1CN. The van der Waals surface area contributed by atoms with Gasteiger partial charge in [-0.15, -0.1) is 11.3 Å². The molecule has 2 rings (SSSR count). The summed E-state index contributed by atoms with van der Waals surface area (Å²) in [7, 11) is 2.13. The Bertz CT molecular complexity index is 271. The number of thiazole rings is 1. The Hall–Kier alpha value is -0.450. The molecular weight excluding hydrogens is 170 g/mol. The normalized spacial score (nSPS) is 24.0. The molecule has 0 spiro atoms. The number of hydrogen-bond acceptors (Lipinski definition) is 4. The van der Waals surface area contributed by atoms with E-state index in [1.165, 1.54) is 10.6 Å². The van der Waals surface area contributed by atoms with Crippen LogP contribution in [-0.4, -0.2) is 30.0 Å². The van der Waals surface area contributed by atoms with Crippen LogP contribution in [0.15, 0.2) is 5.51 Å². The number of nitrogens with zero attached hydrogens (tertiary/aromatic N) is 2. The van der Waals surface area contributed by atoms with Crippen LogP contribution in [0.1, 0.15) is 16.6 Å². The summed E-state index contributed by atoms with van der Waals surface area (Å²) in [6.45, 7) is 1.78. The number of rotatable bonds is 1. The molecule has 2 N–H and O–H groups in total. The summed E-state index contributed by atoms with van der Waals surface area (Å²) >= 11 is 1.73. The van der Waals surface area contributed by atoms with Crippen LogP contribution in [0.4, 0.5) is 0 Å². The molecule has 0 aromatic carbocycles. The summed E-state index contributed by atoms with van der Waals surface area (Å²) in [5.74, 6) is 0. The molecule has 1 aliphatic heterocycles. The molecule has 4 heteroatoms. The highest BCUT2D eigenvalue weighted by atomic mass is 32.1. The van der Waals surface area contributed by atoms with Crippen LogP contribution in [0.2, 0.25) is 0 Å². The summed E-state index contributed by atoms with van der Waals surface area (Å²) in [6, 6.07) is 0.404. The highest BCUT2D eigenvalue weighted by Crippen LogP contribution is 2.29. The molecule has 1 aromatic heterocycles. The summed E-state index contributed by atoms with van der Waals surface area (Å²) in [4.78, 5) is 8.00. The van der Waals surface area contributed by atoms with Crippen molar-refractivity contribution >= 4 is 11.3 Å². The fourth-order valence-electron chi connectivity index (χ4n) is 1.66. The van der Waals surface area contributed by atoms with E-state index in [0.717, 1.165) is 13.0 Å². The van der Waals surface area contributed by atoms with Crippen LogP contribution in [-0.2, 0) is 6.42 Å². The fourth-order valence-corrected chi connectivity index (χ4v) is 2.68. The summed E-state index contributed by atoms with van der Waals surface area (Å²) < 4.78 is 0. The van der Waals surface area contributed by atoms with Crippen molar-refractivity contribution in [3.8, 4) is 0 Å². The van der Waals surface area contributed by atoms with Gasteiger partial charge in [-0.3, -0.25) is 4.90 Å². The average molecular weight is 183 g/mol. The Balaban J connectivity index is 2.34. The summed E-state index contributed by atoms with van der Waals surface area (Å²) in [5, 5.41) is 0. The van der Waals surface area contributed by atoms with Crippen LogP contribution in [0.5, 0.6) is 0 Å². The van der Waals surface area contributed by atoms with Crippen LogP contribution in [0, 0.1) is 0 Å². The largest absolute Gasteiger partial charge is 0.329 e. The van der Waals surface area contributed by atoms with Gasteiger partial charge in [0.15, 0.2) is 0 Å². The zero-order chi connectivity index (χ0) is 8.55. The van der Waals surface area contributed by atoms with Crippen molar-refractivity contribution in [2.45, 2.75) is 12.5 Å². The van der Waals surface area contributed by atoms with E-state index in [0.29, 0.717) is 12.6 Å². The molecule has 12 heavy (non-hydrogen) atoms. The highest BCUT2D eigenvalue weighted by Gasteiger charge is 2.25. The Morgan fingerprint density at radius 1 is 1.83 bits per heavy atom. The van der Waals surface area contributed by atoms with Crippen molar-refractivity contribution in [1.29, 1.82) is 0 Å². The minimum absolute atomic E-state index is 0.404. The maximum Gasteiger partial charge on any atom is 0.0798 e. The quantitative estimate of drug-likeness (QED) is 0.694. The Morgan fingerprint density at radius 2 is 2.67 bits per heavy atom. The first-order chi connectivity index (χ1) is 5.83. The van der Waals surface area contributed by atoms with Gasteiger partial charge in [0.25, 0.3) is 0 Å². The second kappa shape index (κ2) is 3.12. The minimum Gasteiger partial charge on any atom is -0.329 e. The molecule has 0 fully saturated rings. The zero-order valence-electron chi connectivity index (χ0n) is 7.16. The molecule has 1 unspecified atom stereocenters. The lowest BCUT2D eigenvalue weighted by Gasteiger charge is -2.30. The number of nitrogens with two attached hydrogens (primary N) is 1. The molecular formula is C8H13N3S. The number of fused-ring (bicyclic) bond motifs is 1. The third kappa shape index (κ3) is 1.16. The maximum atomic E-state index is 5.70. The van der Waals surface area contributed by atoms with Gasteiger partial charge in [-0.2, -0.15) is 0 Å². The van der Waals surface area contributed by atoms with E-state index in [4.69, 9.17) is 5.73 Å². The predicted octanol–water partition coefficient (Wildman–Crippen LogP) is 0.631. The first kappa shape index (κ1) is 8.16. The third-order valence-corrected chi connectivity index (χ3v) is 3.40. The molecule has 0 saturated carbocycles. The molecule has 1 aromatic rings. The predicted molar refractivity (Wildman–Crippen MR) is 50.2 cm³/mol. The van der Waals surface area contributed by atoms with Crippen LogP contribution < -0.4 is 5.73 Å². The molecule has 1 atom stereocenters. The monoisotopic (exact) mass is 183 g/mol. The van der Waals surface area contributed by atoms with Crippen LogP contribution in [0.3, 0.4) is 0 Å². The van der Waals surface area contributed by atoms with Crippen molar-refractivity contribution < 1.29 is 0 Å². The van der Waals surface area contributed by atoms with Gasteiger partial charge >= 0.3 is 0 Å². The standard InChI is InChI=1S/C8H13N3S/c1-11-3-2-6-8(7(11)4-9)12-5-10-6/h5,7H,2-4,9H2,1H3. The van der Waals surface area contributed by atoms with E-state index < -0.39 is 0 Å². The van der Waals surface area contributed by atoms with Crippen molar-refractivity contribution in [3.63, 3.8) is 0 Å². The highest BCUT2D eigenvalue weighted by molar-refractivity contribution is 7.09. The molecule has 3 nitrogen and oxygen atoms in total. The van der Waals surface area contributed by atoms with Gasteiger partial charge in [-0.05, 0) is 7.05 Å². The molecule has 0 saturated heterocycles. The van der Waals surface area contributed by atoms with E-state index in [2.05, 4.69) is 16.9 Å². The Kier molecular flexibility index (Phi) is 2.12. The summed E-state index contributed by atoms with van der Waals surface area (Å²) in [6.07, 6.45) is 1.08. The molecule has 0 bridgehead atoms. The van der Waals surface area contributed by atoms with Crippen LogP contribution >= 0.6 is 11.3 Å². The zero-order valence-corrected chi connectivity index (χ0v) is 7.97. The van der Waals surface area contributed by atoms with Gasteiger partial charge in [-0.1, -0.05) is 0 Å². The molecule has 2 heterocycles. The van der Waals surface area contributed by atoms with Gasteiger partial charge in [-0.25, -0.2) is 4.98 Å². The molecule has 1 aliphatic rings. The lowest BCUT2D eigenvalue weighted by molar-refractivity contribution is 0.239. The van der Waals surface area contributed by atoms with E-state index in [9.17, 15) is 0 Å². The van der Waals surface area contributed by atoms with Crippen molar-refractivity contribution in [2.24, 2.45) is 5.73 Å². The van der Waals surface area contributed by atoms with Crippen molar-refractivity contribution in [2.75, 3.05) is 20.1 Å². The van der Waals surface area contributed by atoms with Crippen molar-refractivity contribution in [3.05, 3.63) is 16.1 Å². The van der Waals surface area contributed by atoms with E-state index in [1.807, 2.05) is 5.51 Å². The fraction of sp³-hybridized carbons (Fsp3) is 0.625. The molecule has 0 radical (unpaired) electrons. The molecule has 0 aliphatic carbocycles. The lowest BCUT2D eigenvalue weighted by atomic mass is 10.1. The second-order valence-electron chi connectivity index (χ2n) is 3.15. The topological polar surface area (TPSA) is 42.2 Å².